The van der Waals surface area contributed by atoms with Gasteiger partial charge in [-0.3, -0.25) is 33.8 Å². The van der Waals surface area contributed by atoms with Crippen LogP contribution in [0.2, 0.25) is 0 Å². The second kappa shape index (κ2) is 29.6. The Labute approximate surface area is 362 Å². The van der Waals surface area contributed by atoms with Crippen LogP contribution in [0.3, 0.4) is 0 Å². The number of ether oxygens (including phenoxy) is 1. The molecule has 0 spiro atoms. The van der Waals surface area contributed by atoms with E-state index in [-0.39, 0.29) is 43.3 Å². The van der Waals surface area contributed by atoms with Gasteiger partial charge in [0.25, 0.3) is 5.91 Å². The first-order valence-corrected chi connectivity index (χ1v) is 22.4. The van der Waals surface area contributed by atoms with Crippen molar-refractivity contribution in [3.8, 4) is 5.75 Å². The molecule has 0 aliphatic rings. The van der Waals surface area contributed by atoms with Crippen LogP contribution in [-0.4, -0.2) is 108 Å². The van der Waals surface area contributed by atoms with Gasteiger partial charge in [0.05, 0.1) is 17.5 Å². The first kappa shape index (κ1) is 54.3. The topological polar surface area (TPSA) is 314 Å². The normalized spacial score (nSPS) is 15.2. The highest BCUT2D eigenvalue weighted by atomic mass is 31.1. The predicted molar refractivity (Wildman–Crippen MR) is 238 cm³/mol. The third-order valence-corrected chi connectivity index (χ3v) is 11.4. The molecule has 5 amide bonds. The number of phenols is 1. The number of aromatic hydroxyl groups is 1. The molecule has 0 saturated heterocycles. The van der Waals surface area contributed by atoms with Crippen LogP contribution in [0, 0.1) is 11.8 Å². The number of amidine groups is 1. The van der Waals surface area contributed by atoms with Gasteiger partial charge in [-0.25, -0.2) is 4.79 Å². The summed E-state index contributed by atoms with van der Waals surface area (Å²) >= 11 is 0. The molecule has 0 radical (unpaired) electrons. The van der Waals surface area contributed by atoms with Gasteiger partial charge in [-0.05, 0) is 123 Å². The van der Waals surface area contributed by atoms with Crippen molar-refractivity contribution in [2.75, 3.05) is 19.6 Å². The number of esters is 1. The first-order valence-electron chi connectivity index (χ1n) is 21.3. The standard InChI is InChI=1S/C42H72N9O9P/c1-7-26(4)36(45)47-24-12-14-31(49-34(53)21-18-29-16-19-30(52)20-17-29)39(56)50-32(13-8-10-22-43)42(59)61-28(6)38(55)51-35(25(2)3)41(58)60-33(15-9-11-23-44)40(57)48-27(5)37(46)54/h16-17,19-20,25-28,31-33,35,52,61H,7-15,18,21-24,43-44H2,1-6H3,(H2,45,47)(H2,46,54)(H,48,57)(H,49,53)(H,50,56)(H,51,55). The molecule has 13 N–H and O–H groups in total. The van der Waals surface area contributed by atoms with Gasteiger partial charge in [0.15, 0.2) is 11.6 Å². The Morgan fingerprint density at radius 2 is 1.36 bits per heavy atom. The Kier molecular flexibility index (Phi) is 26.3. The minimum atomic E-state index is -1.28. The fraction of sp³-hybridized carbons (Fsp3) is 0.667. The van der Waals surface area contributed by atoms with Crippen LogP contribution in [0.5, 0.6) is 5.75 Å². The molecule has 344 valence electrons. The monoisotopic (exact) mass is 878 g/mol. The number of hydrogen-bond acceptors (Lipinski definition) is 12. The zero-order valence-electron chi connectivity index (χ0n) is 36.8. The summed E-state index contributed by atoms with van der Waals surface area (Å²) in [6, 6.07) is 2.28. The first-order chi connectivity index (χ1) is 28.8. The number of nitrogens with zero attached hydrogens (tertiary/aromatic N) is 1. The van der Waals surface area contributed by atoms with Crippen molar-refractivity contribution in [2.45, 2.75) is 148 Å². The van der Waals surface area contributed by atoms with Gasteiger partial charge in [0.1, 0.15) is 23.9 Å². The van der Waals surface area contributed by atoms with E-state index in [0.717, 1.165) is 12.0 Å². The molecule has 19 heteroatoms. The lowest BCUT2D eigenvalue weighted by Crippen LogP contribution is -2.52. The van der Waals surface area contributed by atoms with Gasteiger partial charge in [-0.1, -0.05) is 39.8 Å². The molecule has 0 fully saturated rings. The van der Waals surface area contributed by atoms with Crippen LogP contribution in [0.15, 0.2) is 29.3 Å². The average Bonchev–Trinajstić information content (AvgIpc) is 3.21. The smallest absolute Gasteiger partial charge is 0.329 e. The number of nitrogens with one attached hydrogen (secondary N) is 4. The van der Waals surface area contributed by atoms with E-state index in [9.17, 15) is 38.7 Å². The molecule has 1 aromatic rings. The van der Waals surface area contributed by atoms with Crippen molar-refractivity contribution in [1.82, 2.24) is 21.3 Å². The molecule has 1 rings (SSSR count). The molecule has 0 aliphatic carbocycles. The summed E-state index contributed by atoms with van der Waals surface area (Å²) in [6.45, 7) is 11.3. The number of aliphatic imine (C=N–C) groups is 1. The Balaban J connectivity index is 3.16. The zero-order valence-corrected chi connectivity index (χ0v) is 37.8. The van der Waals surface area contributed by atoms with Crippen LogP contribution in [0.4, 0.5) is 0 Å². The van der Waals surface area contributed by atoms with E-state index in [1.807, 2.05) is 13.8 Å². The Morgan fingerprint density at radius 1 is 0.754 bits per heavy atom. The molecule has 18 nitrogen and oxygen atoms in total. The highest BCUT2D eigenvalue weighted by Crippen LogP contribution is 2.25. The van der Waals surface area contributed by atoms with Gasteiger partial charge < -0.3 is 54.0 Å². The van der Waals surface area contributed by atoms with E-state index in [2.05, 4.69) is 26.3 Å². The third-order valence-electron chi connectivity index (χ3n) is 10.1. The van der Waals surface area contributed by atoms with Gasteiger partial charge in [0.2, 0.25) is 23.6 Å². The molecule has 0 aliphatic heterocycles. The molecule has 61 heavy (non-hydrogen) atoms. The number of hydrogen-bond donors (Lipinski definition) is 9. The quantitative estimate of drug-likeness (QED) is 0.0168. The molecular formula is C42H72N9O9P. The van der Waals surface area contributed by atoms with Crippen LogP contribution >= 0.6 is 8.58 Å². The van der Waals surface area contributed by atoms with E-state index in [1.54, 1.807) is 26.0 Å². The summed E-state index contributed by atoms with van der Waals surface area (Å²) in [5.41, 5.74) is 22.2. The lowest BCUT2D eigenvalue weighted by atomic mass is 10.0. The average molecular weight is 878 g/mol. The maximum Gasteiger partial charge on any atom is 0.329 e. The van der Waals surface area contributed by atoms with Crippen LogP contribution in [0.1, 0.15) is 111 Å². The summed E-state index contributed by atoms with van der Waals surface area (Å²) in [6.07, 6.45) is 3.06. The number of aryl methyl sites for hydroxylation is 1. The Morgan fingerprint density at radius 3 is 1.93 bits per heavy atom. The van der Waals surface area contributed by atoms with Crippen molar-refractivity contribution >= 4 is 55.4 Å². The summed E-state index contributed by atoms with van der Waals surface area (Å²) in [5, 5.41) is 20.3. The van der Waals surface area contributed by atoms with E-state index >= 15 is 0 Å². The largest absolute Gasteiger partial charge is 0.508 e. The molecule has 1 aromatic carbocycles. The van der Waals surface area contributed by atoms with Crippen LogP contribution in [0.25, 0.3) is 0 Å². The van der Waals surface area contributed by atoms with E-state index in [4.69, 9.17) is 27.7 Å². The molecular weight excluding hydrogens is 805 g/mol. The van der Waals surface area contributed by atoms with Crippen LogP contribution in [-0.2, 0) is 44.7 Å². The summed E-state index contributed by atoms with van der Waals surface area (Å²) < 4.78 is 5.58. The number of unbranched alkanes of at least 4 members (excludes halogenated alkanes) is 2. The Hall–Kier alpha value is -4.67. The van der Waals surface area contributed by atoms with Gasteiger partial charge >= 0.3 is 5.97 Å². The van der Waals surface area contributed by atoms with Crippen molar-refractivity contribution < 1.29 is 43.4 Å². The highest BCUT2D eigenvalue weighted by molar-refractivity contribution is 7.59. The maximum atomic E-state index is 13.9. The lowest BCUT2D eigenvalue weighted by molar-refractivity contribution is -0.160. The SMILES string of the molecule is CCC(C)C(N)=NCCCC(NC(=O)CCc1ccc(O)cc1)C(=O)NC(CCCCN)C(=O)PC(C)C(=O)NC(C(=O)OC(CCCCN)C(=O)NC(C)C(N)=O)C(C)C. The van der Waals surface area contributed by atoms with Crippen molar-refractivity contribution in [3.05, 3.63) is 29.8 Å². The summed E-state index contributed by atoms with van der Waals surface area (Å²) in [4.78, 5) is 96.8. The van der Waals surface area contributed by atoms with Crippen LogP contribution < -0.4 is 44.2 Å². The predicted octanol–water partition coefficient (Wildman–Crippen LogP) is 1.37. The minimum absolute atomic E-state index is 0.0715. The second-order valence-corrected chi connectivity index (χ2v) is 17.3. The van der Waals surface area contributed by atoms with E-state index < -0.39 is 85.6 Å². The number of nitrogens with two attached hydrogens (primary N) is 4. The number of rotatable bonds is 31. The van der Waals surface area contributed by atoms with Crippen molar-refractivity contribution in [3.63, 3.8) is 0 Å². The fourth-order valence-electron chi connectivity index (χ4n) is 5.82. The third kappa shape index (κ3) is 21.6. The highest BCUT2D eigenvalue weighted by Gasteiger charge is 2.34. The minimum Gasteiger partial charge on any atom is -0.508 e. The van der Waals surface area contributed by atoms with E-state index in [1.165, 1.54) is 26.0 Å². The number of primary amides is 1. The van der Waals surface area contributed by atoms with Crippen molar-refractivity contribution in [1.29, 1.82) is 0 Å². The second-order valence-electron chi connectivity index (χ2n) is 15.7. The number of amides is 5. The number of carbonyl (C=O) groups is 7. The van der Waals surface area contributed by atoms with Gasteiger partial charge in [-0.2, -0.15) is 0 Å². The molecule has 0 aromatic heterocycles. The summed E-state index contributed by atoms with van der Waals surface area (Å²) in [7, 11) is -0.613. The molecule has 8 atom stereocenters. The lowest BCUT2D eigenvalue weighted by Gasteiger charge is -2.26. The molecule has 0 saturated carbocycles. The zero-order chi connectivity index (χ0) is 46.1. The van der Waals surface area contributed by atoms with E-state index in [0.29, 0.717) is 64.0 Å². The Bertz CT molecular complexity index is 1600. The van der Waals surface area contributed by atoms with Gasteiger partial charge in [0, 0.05) is 18.9 Å². The molecule has 0 bridgehead atoms. The summed E-state index contributed by atoms with van der Waals surface area (Å²) in [5.74, 6) is -3.70. The number of benzene rings is 1. The number of carbonyl (C=O) groups excluding carboxylic acids is 7. The van der Waals surface area contributed by atoms with Crippen molar-refractivity contribution in [2.24, 2.45) is 39.8 Å². The molecule has 0 heterocycles. The van der Waals surface area contributed by atoms with Gasteiger partial charge in [-0.15, -0.1) is 0 Å². The number of phenolic OH excluding ortho intramolecular Hbond substituents is 1. The molecule has 8 unspecified atom stereocenters. The maximum absolute atomic E-state index is 13.9. The fourth-order valence-corrected chi connectivity index (χ4v) is 6.88.